The third-order valence-corrected chi connectivity index (χ3v) is 8.90. The molecule has 2 heterocycles. The molecule has 8 nitrogen and oxygen atoms in total. The van der Waals surface area contributed by atoms with Gasteiger partial charge in [0, 0.05) is 30.1 Å². The fourth-order valence-corrected chi connectivity index (χ4v) is 6.36. The molecule has 0 spiro atoms. The number of hydrogen-bond donors (Lipinski definition) is 2. The van der Waals surface area contributed by atoms with Gasteiger partial charge >= 0.3 is 5.97 Å². The van der Waals surface area contributed by atoms with Crippen LogP contribution in [0.1, 0.15) is 53.7 Å². The van der Waals surface area contributed by atoms with Crippen LogP contribution < -0.4 is 5.32 Å². The Hall–Kier alpha value is -3.50. The summed E-state index contributed by atoms with van der Waals surface area (Å²) in [5.74, 6) is -2.76. The molecule has 1 aliphatic heterocycles. The van der Waals surface area contributed by atoms with Gasteiger partial charge in [-0.2, -0.15) is 0 Å². The number of anilines is 1. The molecule has 0 radical (unpaired) electrons. The molecular weight excluding hydrogens is 568 g/mol. The molecule has 5 rings (SSSR count). The van der Waals surface area contributed by atoms with E-state index in [9.17, 15) is 23.9 Å². The van der Waals surface area contributed by atoms with Crippen molar-refractivity contribution in [1.29, 1.82) is 0 Å². The zero-order chi connectivity index (χ0) is 30.1. The molecule has 2 aliphatic rings. The van der Waals surface area contributed by atoms with Gasteiger partial charge in [-0.25, -0.2) is 8.78 Å². The van der Waals surface area contributed by atoms with Crippen LogP contribution in [0.4, 0.5) is 14.5 Å². The number of carboxylic acids is 1. The van der Waals surface area contributed by atoms with Crippen molar-refractivity contribution in [1.82, 2.24) is 9.47 Å². The summed E-state index contributed by atoms with van der Waals surface area (Å²) in [6.07, 6.45) is 0.704. The summed E-state index contributed by atoms with van der Waals surface area (Å²) in [7, 11) is 1.86. The maximum absolute atomic E-state index is 15.2. The van der Waals surface area contributed by atoms with Crippen LogP contribution in [-0.2, 0) is 27.8 Å². The van der Waals surface area contributed by atoms with Crippen LogP contribution in [0.5, 0.6) is 0 Å². The summed E-state index contributed by atoms with van der Waals surface area (Å²) < 4.78 is 37.4. The number of carbonyl (C=O) groups is 3. The molecule has 1 aliphatic carbocycles. The van der Waals surface area contributed by atoms with Gasteiger partial charge in [-0.15, -0.1) is 0 Å². The first-order valence-electron chi connectivity index (χ1n) is 14.1. The first-order valence-corrected chi connectivity index (χ1v) is 14.5. The van der Waals surface area contributed by atoms with Crippen molar-refractivity contribution in [2.24, 2.45) is 13.0 Å². The number of nitrogens with zero attached hydrogens (tertiary/aromatic N) is 2. The van der Waals surface area contributed by atoms with Gasteiger partial charge in [0.1, 0.15) is 12.0 Å². The van der Waals surface area contributed by atoms with E-state index in [0.29, 0.717) is 31.2 Å². The maximum Gasteiger partial charge on any atom is 0.306 e. The molecule has 224 valence electrons. The van der Waals surface area contributed by atoms with Crippen molar-refractivity contribution in [2.45, 2.75) is 63.8 Å². The molecule has 3 aromatic rings. The van der Waals surface area contributed by atoms with Crippen LogP contribution in [0.25, 0.3) is 10.9 Å². The summed E-state index contributed by atoms with van der Waals surface area (Å²) in [4.78, 5) is 38.9. The van der Waals surface area contributed by atoms with Crippen LogP contribution in [0, 0.1) is 18.7 Å². The number of benzene rings is 2. The Morgan fingerprint density at radius 3 is 2.57 bits per heavy atom. The number of aryl methyl sites for hydroxylation is 1. The number of nitrogens with one attached hydrogen (secondary N) is 1. The van der Waals surface area contributed by atoms with E-state index >= 15 is 4.39 Å². The lowest BCUT2D eigenvalue weighted by atomic mass is 9.87. The zero-order valence-electron chi connectivity index (χ0n) is 23.5. The Morgan fingerprint density at radius 2 is 1.86 bits per heavy atom. The van der Waals surface area contributed by atoms with Gasteiger partial charge in [-0.1, -0.05) is 29.8 Å². The molecular formula is C31H34ClF2N3O5. The highest BCUT2D eigenvalue weighted by Gasteiger charge is 2.37. The summed E-state index contributed by atoms with van der Waals surface area (Å²) in [5.41, 5.74) is 2.21. The minimum absolute atomic E-state index is 0.0401. The van der Waals surface area contributed by atoms with Crippen molar-refractivity contribution < 1.29 is 33.0 Å². The van der Waals surface area contributed by atoms with Gasteiger partial charge in [-0.05, 0) is 56.4 Å². The van der Waals surface area contributed by atoms with E-state index in [1.54, 1.807) is 0 Å². The smallest absolute Gasteiger partial charge is 0.306 e. The fourth-order valence-electron chi connectivity index (χ4n) is 6.12. The molecule has 2 fully saturated rings. The molecule has 2 N–H and O–H groups in total. The summed E-state index contributed by atoms with van der Waals surface area (Å²) in [6, 6.07) is 9.39. The van der Waals surface area contributed by atoms with Crippen LogP contribution in [0.2, 0.25) is 5.02 Å². The predicted molar refractivity (Wildman–Crippen MR) is 155 cm³/mol. The second kappa shape index (κ2) is 12.4. The minimum atomic E-state index is -1.21. The molecule has 42 heavy (non-hydrogen) atoms. The highest BCUT2D eigenvalue weighted by Crippen LogP contribution is 2.31. The van der Waals surface area contributed by atoms with E-state index in [1.807, 2.05) is 42.8 Å². The van der Waals surface area contributed by atoms with E-state index in [2.05, 4.69) is 5.32 Å². The van der Waals surface area contributed by atoms with Crippen LogP contribution >= 0.6 is 11.6 Å². The number of carbonyl (C=O) groups excluding carboxylic acids is 2. The van der Waals surface area contributed by atoms with Crippen LogP contribution in [0.3, 0.4) is 0 Å². The van der Waals surface area contributed by atoms with Crippen LogP contribution in [-0.4, -0.2) is 63.8 Å². The standard InChI is InChI=1S/C31H34ClF2N3O5/c1-17-29(23-5-3-4-6-27(23)36(17)2)30(39)35-26-14-25(34)19(11-24(26)32)12-28(38)37-15-20(33)13-21(37)16-42-22-9-7-18(8-10-22)31(40)41/h3-6,11,14,18,20-22H,7-10,12-13,15-16H2,1-2H3,(H,35,39)(H,40,41)/t18?,20-,21-,22?/m0/s1. The quantitative estimate of drug-likeness (QED) is 0.346. The van der Waals surface area contributed by atoms with Crippen molar-refractivity contribution in [3.8, 4) is 0 Å². The third-order valence-electron chi connectivity index (χ3n) is 8.58. The Kier molecular flexibility index (Phi) is 8.84. The lowest BCUT2D eigenvalue weighted by Gasteiger charge is -2.30. The number of amides is 2. The van der Waals surface area contributed by atoms with E-state index in [1.165, 1.54) is 11.0 Å². The number of hydrogen-bond acceptors (Lipinski definition) is 4. The van der Waals surface area contributed by atoms with Crippen molar-refractivity contribution in [3.05, 3.63) is 64.1 Å². The van der Waals surface area contributed by atoms with Crippen LogP contribution in [0.15, 0.2) is 36.4 Å². The molecule has 11 heteroatoms. The summed E-state index contributed by atoms with van der Waals surface area (Å²) in [5, 5.41) is 12.7. The molecule has 1 aromatic heterocycles. The third kappa shape index (κ3) is 6.15. The van der Waals surface area contributed by atoms with Gasteiger partial charge in [0.25, 0.3) is 5.91 Å². The normalized spacial score (nSPS) is 22.5. The minimum Gasteiger partial charge on any atom is -0.481 e. The number of likely N-dealkylation sites (tertiary alicyclic amines) is 1. The number of halogens is 3. The van der Waals surface area contributed by atoms with Crippen molar-refractivity contribution in [3.63, 3.8) is 0 Å². The number of para-hydroxylation sites is 1. The second-order valence-electron chi connectivity index (χ2n) is 11.3. The molecule has 2 atom stereocenters. The first-order chi connectivity index (χ1) is 20.0. The number of aromatic nitrogens is 1. The van der Waals surface area contributed by atoms with E-state index in [-0.39, 0.29) is 54.3 Å². The molecule has 0 bridgehead atoms. The highest BCUT2D eigenvalue weighted by molar-refractivity contribution is 6.34. The zero-order valence-corrected chi connectivity index (χ0v) is 24.3. The Morgan fingerprint density at radius 1 is 1.14 bits per heavy atom. The monoisotopic (exact) mass is 601 g/mol. The van der Waals surface area contributed by atoms with Gasteiger partial charge in [-0.3, -0.25) is 14.4 Å². The Balaban J connectivity index is 1.23. The SMILES string of the molecule is Cc1c(C(=O)Nc2cc(F)c(CC(=O)N3C[C@@H](F)C[C@H]3COC3CCC(C(=O)O)CC3)cc2Cl)c2ccccc2n1C. The van der Waals surface area contributed by atoms with Gasteiger partial charge in [0.15, 0.2) is 0 Å². The fraction of sp³-hybridized carbons (Fsp3) is 0.452. The maximum atomic E-state index is 15.2. The van der Waals surface area contributed by atoms with Gasteiger partial charge < -0.3 is 24.6 Å². The van der Waals surface area contributed by atoms with E-state index in [0.717, 1.165) is 22.7 Å². The van der Waals surface area contributed by atoms with Gasteiger partial charge in [0.05, 0.1) is 53.9 Å². The Bertz CT molecular complexity index is 1520. The Labute approximate surface area is 247 Å². The number of fused-ring (bicyclic) bond motifs is 1. The van der Waals surface area contributed by atoms with Crippen molar-refractivity contribution >= 4 is 46.0 Å². The second-order valence-corrected chi connectivity index (χ2v) is 11.7. The van der Waals surface area contributed by atoms with Crippen molar-refractivity contribution in [2.75, 3.05) is 18.5 Å². The average molecular weight is 602 g/mol. The molecule has 0 unspecified atom stereocenters. The number of ether oxygens (including phenoxy) is 1. The molecule has 2 aromatic carbocycles. The molecule has 2 amide bonds. The first kappa shape index (κ1) is 30.0. The van der Waals surface area contributed by atoms with E-state index in [4.69, 9.17) is 16.3 Å². The van der Waals surface area contributed by atoms with E-state index < -0.39 is 35.8 Å². The molecule has 1 saturated heterocycles. The number of aliphatic carboxylic acids is 1. The average Bonchev–Trinajstić information content (AvgIpc) is 3.46. The summed E-state index contributed by atoms with van der Waals surface area (Å²) >= 11 is 6.43. The predicted octanol–water partition coefficient (Wildman–Crippen LogP) is 5.67. The number of rotatable bonds is 8. The lowest BCUT2D eigenvalue weighted by molar-refractivity contribution is -0.144. The van der Waals surface area contributed by atoms with Gasteiger partial charge in [0.2, 0.25) is 5.91 Å². The highest BCUT2D eigenvalue weighted by atomic mass is 35.5. The lowest BCUT2D eigenvalue weighted by Crippen LogP contribution is -2.40. The topological polar surface area (TPSA) is 101 Å². The number of carboxylic acid groups (broad SMARTS) is 1. The molecule has 1 saturated carbocycles. The summed E-state index contributed by atoms with van der Waals surface area (Å²) in [6.45, 7) is 1.86. The largest absolute Gasteiger partial charge is 0.481 e. The number of alkyl halides is 1.